The van der Waals surface area contributed by atoms with Gasteiger partial charge in [0.2, 0.25) is 0 Å². The fraction of sp³-hybridized carbons (Fsp3) is 0.0714. The number of aliphatic imine (C=N–C) groups is 1. The van der Waals surface area contributed by atoms with E-state index < -0.39 is 0 Å². The van der Waals surface area contributed by atoms with Crippen molar-refractivity contribution >= 4 is 23.1 Å². The van der Waals surface area contributed by atoms with E-state index in [9.17, 15) is 0 Å². The smallest absolute Gasteiger partial charge is 0.104 e. The largest absolute Gasteiger partial charge is 0.387 e. The average Bonchev–Trinajstić information content (AvgIpc) is 2.33. The molecule has 2 nitrogen and oxygen atoms in total. The van der Waals surface area contributed by atoms with Crippen LogP contribution in [-0.2, 0) is 6.42 Å². The highest BCUT2D eigenvalue weighted by molar-refractivity contribution is 6.33. The van der Waals surface area contributed by atoms with Crippen molar-refractivity contribution in [1.29, 1.82) is 0 Å². The van der Waals surface area contributed by atoms with E-state index in [1.165, 1.54) is 0 Å². The Morgan fingerprint density at radius 1 is 1.00 bits per heavy atom. The molecule has 0 bridgehead atoms. The van der Waals surface area contributed by atoms with E-state index in [0.717, 1.165) is 5.56 Å². The molecule has 2 rings (SSSR count). The van der Waals surface area contributed by atoms with Crippen LogP contribution in [0.15, 0.2) is 59.6 Å². The third kappa shape index (κ3) is 3.33. The van der Waals surface area contributed by atoms with Gasteiger partial charge in [-0.2, -0.15) is 0 Å². The standard InChI is InChI=1S/C14H13ClN2/c15-12-8-4-5-9-13(12)17-14(16)10-11-6-2-1-3-7-11/h1-9H,10H2,(H2,16,17). The molecule has 2 aromatic carbocycles. The van der Waals surface area contributed by atoms with Gasteiger partial charge in [0.05, 0.1) is 10.7 Å². The van der Waals surface area contributed by atoms with Crippen LogP contribution in [0.3, 0.4) is 0 Å². The number of benzene rings is 2. The SMILES string of the molecule is NC(Cc1ccccc1)=Nc1ccccc1Cl. The molecule has 0 spiro atoms. The summed E-state index contributed by atoms with van der Waals surface area (Å²) >= 11 is 6.01. The van der Waals surface area contributed by atoms with Crippen LogP contribution in [-0.4, -0.2) is 5.84 Å². The molecule has 86 valence electrons. The fourth-order valence-corrected chi connectivity index (χ4v) is 1.72. The second-order valence-corrected chi connectivity index (χ2v) is 4.12. The normalized spacial score (nSPS) is 11.5. The van der Waals surface area contributed by atoms with E-state index in [1.54, 1.807) is 6.07 Å². The van der Waals surface area contributed by atoms with Gasteiger partial charge in [-0.15, -0.1) is 0 Å². The summed E-state index contributed by atoms with van der Waals surface area (Å²) in [7, 11) is 0. The van der Waals surface area contributed by atoms with Crippen molar-refractivity contribution in [2.24, 2.45) is 10.7 Å². The highest BCUT2D eigenvalue weighted by Gasteiger charge is 1.99. The monoisotopic (exact) mass is 244 g/mol. The second kappa shape index (κ2) is 5.51. The number of hydrogen-bond acceptors (Lipinski definition) is 1. The third-order valence-corrected chi connectivity index (χ3v) is 2.66. The molecule has 0 atom stereocenters. The number of nitrogens with zero attached hydrogens (tertiary/aromatic N) is 1. The van der Waals surface area contributed by atoms with Crippen molar-refractivity contribution < 1.29 is 0 Å². The maximum absolute atomic E-state index is 6.01. The summed E-state index contributed by atoms with van der Waals surface area (Å²) in [6.45, 7) is 0. The van der Waals surface area contributed by atoms with Gasteiger partial charge in [-0.1, -0.05) is 54.1 Å². The van der Waals surface area contributed by atoms with Crippen molar-refractivity contribution in [3.05, 3.63) is 65.2 Å². The number of halogens is 1. The van der Waals surface area contributed by atoms with E-state index in [4.69, 9.17) is 17.3 Å². The molecule has 0 aliphatic carbocycles. The maximum Gasteiger partial charge on any atom is 0.104 e. The molecule has 0 saturated carbocycles. The molecule has 0 amide bonds. The number of para-hydroxylation sites is 1. The van der Waals surface area contributed by atoms with E-state index in [1.807, 2.05) is 48.5 Å². The van der Waals surface area contributed by atoms with Crippen molar-refractivity contribution in [2.45, 2.75) is 6.42 Å². The first-order valence-electron chi connectivity index (χ1n) is 5.37. The lowest BCUT2D eigenvalue weighted by Crippen LogP contribution is -2.14. The van der Waals surface area contributed by atoms with Gasteiger partial charge >= 0.3 is 0 Å². The fourth-order valence-electron chi connectivity index (χ4n) is 1.54. The highest BCUT2D eigenvalue weighted by atomic mass is 35.5. The molecule has 0 aliphatic rings. The molecule has 0 radical (unpaired) electrons. The molecule has 0 aromatic heterocycles. The quantitative estimate of drug-likeness (QED) is 0.651. The van der Waals surface area contributed by atoms with Crippen molar-refractivity contribution in [1.82, 2.24) is 0 Å². The van der Waals surface area contributed by atoms with Gasteiger partial charge in [-0.25, -0.2) is 4.99 Å². The lowest BCUT2D eigenvalue weighted by molar-refractivity contribution is 1.27. The summed E-state index contributed by atoms with van der Waals surface area (Å²) in [6, 6.07) is 17.4. The molecule has 0 unspecified atom stereocenters. The number of rotatable bonds is 3. The predicted octanol–water partition coefficient (Wildman–Crippen LogP) is 3.57. The number of amidine groups is 1. The van der Waals surface area contributed by atoms with Gasteiger partial charge in [-0.05, 0) is 17.7 Å². The molecule has 0 fully saturated rings. The Hall–Kier alpha value is -1.80. The molecule has 3 heteroatoms. The Morgan fingerprint density at radius 3 is 2.35 bits per heavy atom. The van der Waals surface area contributed by atoms with Crippen LogP contribution in [0.5, 0.6) is 0 Å². The van der Waals surface area contributed by atoms with E-state index >= 15 is 0 Å². The lowest BCUT2D eigenvalue weighted by Gasteiger charge is -2.02. The van der Waals surface area contributed by atoms with Crippen LogP contribution in [0.25, 0.3) is 0 Å². The van der Waals surface area contributed by atoms with Crippen molar-refractivity contribution in [3.8, 4) is 0 Å². The summed E-state index contributed by atoms with van der Waals surface area (Å²) < 4.78 is 0. The Morgan fingerprint density at radius 2 is 1.65 bits per heavy atom. The molecule has 17 heavy (non-hydrogen) atoms. The van der Waals surface area contributed by atoms with Crippen LogP contribution in [0.1, 0.15) is 5.56 Å². The Balaban J connectivity index is 2.16. The Labute approximate surface area is 106 Å². The second-order valence-electron chi connectivity index (χ2n) is 3.72. The van der Waals surface area contributed by atoms with Gasteiger partial charge in [-0.3, -0.25) is 0 Å². The van der Waals surface area contributed by atoms with Gasteiger partial charge in [0.15, 0.2) is 0 Å². The zero-order chi connectivity index (χ0) is 12.1. The minimum Gasteiger partial charge on any atom is -0.387 e. The van der Waals surface area contributed by atoms with Gasteiger partial charge in [0.25, 0.3) is 0 Å². The summed E-state index contributed by atoms with van der Waals surface area (Å²) in [5.41, 5.74) is 7.75. The van der Waals surface area contributed by atoms with Crippen LogP contribution >= 0.6 is 11.6 Å². The maximum atomic E-state index is 6.01. The van der Waals surface area contributed by atoms with Crippen LogP contribution in [0.2, 0.25) is 5.02 Å². The third-order valence-electron chi connectivity index (χ3n) is 2.34. The molecule has 0 saturated heterocycles. The average molecular weight is 245 g/mol. The zero-order valence-corrected chi connectivity index (χ0v) is 10.1. The molecule has 0 aliphatic heterocycles. The van der Waals surface area contributed by atoms with E-state index in [2.05, 4.69) is 4.99 Å². The van der Waals surface area contributed by atoms with Gasteiger partial charge < -0.3 is 5.73 Å². The first-order chi connectivity index (χ1) is 8.25. The zero-order valence-electron chi connectivity index (χ0n) is 9.31. The van der Waals surface area contributed by atoms with Crippen molar-refractivity contribution in [2.75, 3.05) is 0 Å². The van der Waals surface area contributed by atoms with E-state index in [0.29, 0.717) is 23.0 Å². The minimum absolute atomic E-state index is 0.560. The first kappa shape index (κ1) is 11.7. The van der Waals surface area contributed by atoms with Crippen LogP contribution < -0.4 is 5.73 Å². The van der Waals surface area contributed by atoms with Gasteiger partial charge in [0, 0.05) is 6.42 Å². The van der Waals surface area contributed by atoms with E-state index in [-0.39, 0.29) is 0 Å². The Bertz CT molecular complexity index is 521. The summed E-state index contributed by atoms with van der Waals surface area (Å²) in [4.78, 5) is 4.32. The Kier molecular flexibility index (Phi) is 3.78. The van der Waals surface area contributed by atoms with Gasteiger partial charge in [0.1, 0.15) is 5.84 Å². The molecule has 2 aromatic rings. The minimum atomic E-state index is 0.560. The van der Waals surface area contributed by atoms with Crippen LogP contribution in [0, 0.1) is 0 Å². The summed E-state index contributed by atoms with van der Waals surface area (Å²) in [5, 5.41) is 0.614. The summed E-state index contributed by atoms with van der Waals surface area (Å²) in [6.07, 6.45) is 0.631. The highest BCUT2D eigenvalue weighted by Crippen LogP contribution is 2.23. The number of hydrogen-bond donors (Lipinski definition) is 1. The molecule has 2 N–H and O–H groups in total. The molecular weight excluding hydrogens is 232 g/mol. The topological polar surface area (TPSA) is 38.4 Å². The predicted molar refractivity (Wildman–Crippen MR) is 72.9 cm³/mol. The van der Waals surface area contributed by atoms with Crippen molar-refractivity contribution in [3.63, 3.8) is 0 Å². The molecule has 0 heterocycles. The lowest BCUT2D eigenvalue weighted by atomic mass is 10.1. The van der Waals surface area contributed by atoms with Crippen LogP contribution in [0.4, 0.5) is 5.69 Å². The summed E-state index contributed by atoms with van der Waals surface area (Å²) in [5.74, 6) is 0.560. The molecular formula is C14H13ClN2. The first-order valence-corrected chi connectivity index (χ1v) is 5.75. The number of nitrogens with two attached hydrogens (primary N) is 1.